The van der Waals surface area contributed by atoms with E-state index in [9.17, 15) is 0 Å². The second kappa shape index (κ2) is 8.37. The first-order valence-corrected chi connectivity index (χ1v) is 16.2. The van der Waals surface area contributed by atoms with Crippen LogP contribution in [0.25, 0.3) is 27.5 Å². The van der Waals surface area contributed by atoms with Gasteiger partial charge in [0.25, 0.3) is 6.71 Å². The van der Waals surface area contributed by atoms with Gasteiger partial charge in [-0.1, -0.05) is 108 Å². The van der Waals surface area contributed by atoms with Crippen LogP contribution in [0.3, 0.4) is 0 Å². The Morgan fingerprint density at radius 1 is 0.578 bits per heavy atom. The molecular formula is C42H33BN2. The molecule has 214 valence electrons. The van der Waals surface area contributed by atoms with Gasteiger partial charge in [0.15, 0.2) is 0 Å². The summed E-state index contributed by atoms with van der Waals surface area (Å²) in [5.41, 5.74) is 16.9. The van der Waals surface area contributed by atoms with Gasteiger partial charge in [0.05, 0.1) is 11.1 Å². The number of fused-ring (bicyclic) bond motifs is 7. The van der Waals surface area contributed by atoms with Gasteiger partial charge in [-0.3, -0.25) is 0 Å². The Labute approximate surface area is 264 Å². The summed E-state index contributed by atoms with van der Waals surface area (Å²) in [7, 11) is 0. The highest BCUT2D eigenvalue weighted by Gasteiger charge is 2.62. The van der Waals surface area contributed by atoms with Crippen molar-refractivity contribution in [3.63, 3.8) is 0 Å². The minimum Gasteiger partial charge on any atom is -0.331 e. The molecule has 10 rings (SSSR count). The fourth-order valence-corrected chi connectivity index (χ4v) is 9.53. The number of nitrogens with zero attached hydrogens (tertiary/aromatic N) is 2. The van der Waals surface area contributed by atoms with Crippen LogP contribution in [0.2, 0.25) is 0 Å². The Kier molecular flexibility index (Phi) is 4.71. The largest absolute Gasteiger partial charge is 0.331 e. The quantitative estimate of drug-likeness (QED) is 0.190. The van der Waals surface area contributed by atoms with Gasteiger partial charge in [0.1, 0.15) is 0 Å². The molecule has 3 aliphatic heterocycles. The van der Waals surface area contributed by atoms with E-state index in [1.165, 1.54) is 83.1 Å². The van der Waals surface area contributed by atoms with E-state index in [0.717, 1.165) is 0 Å². The molecule has 3 aliphatic rings. The van der Waals surface area contributed by atoms with Crippen molar-refractivity contribution in [3.05, 3.63) is 155 Å². The number of anilines is 2. The summed E-state index contributed by atoms with van der Waals surface area (Å²) in [5.74, 6) is 0. The van der Waals surface area contributed by atoms with Crippen LogP contribution in [-0.4, -0.2) is 11.3 Å². The zero-order valence-electron chi connectivity index (χ0n) is 26.1. The van der Waals surface area contributed by atoms with Crippen LogP contribution >= 0.6 is 0 Å². The van der Waals surface area contributed by atoms with Gasteiger partial charge >= 0.3 is 0 Å². The summed E-state index contributed by atoms with van der Waals surface area (Å²) < 4.78 is 2.56. The highest BCUT2D eigenvalue weighted by molar-refractivity contribution is 7.00. The van der Waals surface area contributed by atoms with Crippen molar-refractivity contribution in [2.24, 2.45) is 0 Å². The van der Waals surface area contributed by atoms with E-state index >= 15 is 0 Å². The van der Waals surface area contributed by atoms with Crippen molar-refractivity contribution in [2.75, 3.05) is 4.90 Å². The molecule has 0 bridgehead atoms. The number of aromatic nitrogens is 1. The van der Waals surface area contributed by atoms with Crippen LogP contribution < -0.4 is 21.3 Å². The average Bonchev–Trinajstić information content (AvgIpc) is 3.50. The Morgan fingerprint density at radius 3 is 2.04 bits per heavy atom. The van der Waals surface area contributed by atoms with E-state index in [0.29, 0.717) is 0 Å². The van der Waals surface area contributed by atoms with Crippen LogP contribution in [0, 0.1) is 13.8 Å². The Hall–Kier alpha value is -5.02. The Bertz CT molecular complexity index is 2390. The fraction of sp³-hybridized carbons (Fsp3) is 0.143. The average molecular weight is 577 g/mol. The van der Waals surface area contributed by atoms with Crippen molar-refractivity contribution in [1.29, 1.82) is 0 Å². The van der Waals surface area contributed by atoms with Gasteiger partial charge in [-0.25, -0.2) is 0 Å². The van der Waals surface area contributed by atoms with Crippen LogP contribution in [0.1, 0.15) is 41.7 Å². The van der Waals surface area contributed by atoms with Gasteiger partial charge < -0.3 is 9.47 Å². The highest BCUT2D eigenvalue weighted by Crippen LogP contribution is 2.62. The summed E-state index contributed by atoms with van der Waals surface area (Å²) >= 11 is 0. The van der Waals surface area contributed by atoms with E-state index in [4.69, 9.17) is 0 Å². The van der Waals surface area contributed by atoms with Crippen molar-refractivity contribution < 1.29 is 0 Å². The molecule has 0 spiro atoms. The maximum Gasteiger partial charge on any atom is 0.252 e. The maximum absolute atomic E-state index is 2.73. The lowest BCUT2D eigenvalue weighted by molar-refractivity contribution is 0.336. The van der Waals surface area contributed by atoms with Gasteiger partial charge in [-0.2, -0.15) is 0 Å². The van der Waals surface area contributed by atoms with E-state index in [2.05, 4.69) is 165 Å². The SMILES string of the molecule is Cc1ccc2c(c1)c1cc(C)cc3c1n2-c1cccc2c1B3c1cccc3c1N2C(C)(c1ccccc1)C3(C)c1ccccc1. The molecular weight excluding hydrogens is 543 g/mol. The summed E-state index contributed by atoms with van der Waals surface area (Å²) in [6.07, 6.45) is 0. The highest BCUT2D eigenvalue weighted by atomic mass is 15.3. The maximum atomic E-state index is 2.73. The van der Waals surface area contributed by atoms with Crippen molar-refractivity contribution in [1.82, 2.24) is 4.57 Å². The minimum absolute atomic E-state index is 0.154. The molecule has 2 unspecified atom stereocenters. The normalized spacial score (nSPS) is 20.5. The topological polar surface area (TPSA) is 8.17 Å². The van der Waals surface area contributed by atoms with Crippen molar-refractivity contribution in [3.8, 4) is 5.69 Å². The molecule has 0 aliphatic carbocycles. The van der Waals surface area contributed by atoms with Crippen molar-refractivity contribution >= 4 is 56.3 Å². The van der Waals surface area contributed by atoms with Crippen LogP contribution in [0.4, 0.5) is 11.4 Å². The first-order valence-electron chi connectivity index (χ1n) is 16.2. The Balaban J connectivity index is 1.40. The summed E-state index contributed by atoms with van der Waals surface area (Å²) in [6, 6.07) is 48.4. The predicted octanol–water partition coefficient (Wildman–Crippen LogP) is 7.92. The molecule has 0 saturated carbocycles. The lowest BCUT2D eigenvalue weighted by Gasteiger charge is -2.50. The number of hydrogen-bond acceptors (Lipinski definition) is 1. The number of benzene rings is 6. The third-order valence-corrected chi connectivity index (χ3v) is 11.6. The third kappa shape index (κ3) is 2.84. The Morgan fingerprint density at radius 2 is 1.27 bits per heavy atom. The molecule has 2 atom stereocenters. The molecule has 1 aromatic heterocycles. The second-order valence-electron chi connectivity index (χ2n) is 13.8. The van der Waals surface area contributed by atoms with E-state index in [1.807, 2.05) is 0 Å². The van der Waals surface area contributed by atoms with Gasteiger partial charge in [0, 0.05) is 38.8 Å². The molecule has 0 saturated heterocycles. The lowest BCUT2D eigenvalue weighted by atomic mass is 9.33. The first-order chi connectivity index (χ1) is 21.9. The molecule has 4 heterocycles. The fourth-order valence-electron chi connectivity index (χ4n) is 9.53. The number of rotatable bonds is 2. The van der Waals surface area contributed by atoms with Gasteiger partial charge in [0.2, 0.25) is 0 Å². The number of para-hydroxylation sites is 1. The predicted molar refractivity (Wildman–Crippen MR) is 190 cm³/mol. The van der Waals surface area contributed by atoms with Crippen molar-refractivity contribution in [2.45, 2.75) is 38.6 Å². The summed E-state index contributed by atoms with van der Waals surface area (Å²) in [5, 5.41) is 2.70. The smallest absolute Gasteiger partial charge is 0.252 e. The minimum atomic E-state index is -0.383. The molecule has 0 amide bonds. The molecule has 0 N–H and O–H groups in total. The van der Waals surface area contributed by atoms with Crippen LogP contribution in [0.5, 0.6) is 0 Å². The molecule has 3 heteroatoms. The molecule has 7 aromatic rings. The van der Waals surface area contributed by atoms with Crippen LogP contribution in [0.15, 0.2) is 127 Å². The van der Waals surface area contributed by atoms with Crippen LogP contribution in [-0.2, 0) is 11.0 Å². The standard InChI is InChI=1S/C42H33BN2/c1-26-21-22-35-30(23-26)31-24-27(2)25-34-39(31)44(35)36-19-12-20-37-38(36)43(34)33-18-11-17-32-40(33)45(37)42(4,29-15-9-6-10-16-29)41(32,3)28-13-7-5-8-14-28/h5-25H,1-4H3. The number of hydrogen-bond donors (Lipinski definition) is 0. The molecule has 0 fully saturated rings. The van der Waals surface area contributed by atoms with E-state index in [1.54, 1.807) is 0 Å². The molecule has 0 radical (unpaired) electrons. The van der Waals surface area contributed by atoms with Gasteiger partial charge in [-0.15, -0.1) is 0 Å². The summed E-state index contributed by atoms with van der Waals surface area (Å²) in [4.78, 5) is 2.73. The molecule has 45 heavy (non-hydrogen) atoms. The first kappa shape index (κ1) is 25.3. The number of aryl methyl sites for hydroxylation is 2. The summed E-state index contributed by atoms with van der Waals surface area (Å²) in [6.45, 7) is 9.58. The molecule has 6 aromatic carbocycles. The third-order valence-electron chi connectivity index (χ3n) is 11.6. The second-order valence-corrected chi connectivity index (χ2v) is 13.8. The lowest BCUT2D eigenvalue weighted by Crippen LogP contribution is -2.63. The molecule has 2 nitrogen and oxygen atoms in total. The zero-order valence-corrected chi connectivity index (χ0v) is 26.1. The van der Waals surface area contributed by atoms with E-state index < -0.39 is 0 Å². The van der Waals surface area contributed by atoms with Gasteiger partial charge in [-0.05, 0) is 91.1 Å². The zero-order chi connectivity index (χ0) is 30.2. The monoisotopic (exact) mass is 576 g/mol. The van der Waals surface area contributed by atoms with E-state index in [-0.39, 0.29) is 17.7 Å².